The zero-order valence-corrected chi connectivity index (χ0v) is 12.8. The summed E-state index contributed by atoms with van der Waals surface area (Å²) in [5.74, 6) is 1.03. The monoisotopic (exact) mass is 277 g/mol. The minimum atomic E-state index is -0.0994. The molecule has 112 valence electrons. The van der Waals surface area contributed by atoms with Gasteiger partial charge in [-0.3, -0.25) is 14.5 Å². The zero-order valence-electron chi connectivity index (χ0n) is 12.8. The summed E-state index contributed by atoms with van der Waals surface area (Å²) in [6.45, 7) is 4.43. The first-order chi connectivity index (χ1) is 9.69. The highest BCUT2D eigenvalue weighted by atomic mass is 16.2. The molecule has 0 radical (unpaired) electrons. The number of carbonyl (C=O) groups is 2. The molecule has 2 aliphatic rings. The molecular weight excluding hydrogens is 250 g/mol. The van der Waals surface area contributed by atoms with E-state index in [1.807, 2.05) is 0 Å². The van der Waals surface area contributed by atoms with E-state index in [0.29, 0.717) is 11.8 Å². The summed E-state index contributed by atoms with van der Waals surface area (Å²) in [4.78, 5) is 25.4. The molecule has 0 saturated heterocycles. The van der Waals surface area contributed by atoms with Crippen molar-refractivity contribution in [2.24, 2.45) is 11.8 Å². The molecule has 0 aromatic carbocycles. The van der Waals surface area contributed by atoms with Gasteiger partial charge in [0.05, 0.1) is 0 Å². The maximum atomic E-state index is 11.9. The molecule has 20 heavy (non-hydrogen) atoms. The molecule has 0 N–H and O–H groups in total. The van der Waals surface area contributed by atoms with E-state index < -0.39 is 0 Å². The fraction of sp³-hybridized carbons (Fsp3) is 0.765. The topological polar surface area (TPSA) is 37.4 Å². The lowest BCUT2D eigenvalue weighted by Crippen LogP contribution is -2.43. The molecule has 1 fully saturated rings. The number of hydrogen-bond donors (Lipinski definition) is 0. The smallest absolute Gasteiger partial charge is 0.253 e. The molecule has 3 heteroatoms. The highest BCUT2D eigenvalue weighted by molar-refractivity contribution is 6.13. The Hall–Kier alpha value is -1.12. The lowest BCUT2D eigenvalue weighted by molar-refractivity contribution is -0.140. The largest absolute Gasteiger partial charge is 0.272 e. The molecule has 1 aliphatic heterocycles. The van der Waals surface area contributed by atoms with Crippen LogP contribution in [0.4, 0.5) is 0 Å². The summed E-state index contributed by atoms with van der Waals surface area (Å²) in [5, 5.41) is 0. The Morgan fingerprint density at radius 1 is 1.00 bits per heavy atom. The second-order valence-electron chi connectivity index (χ2n) is 6.23. The van der Waals surface area contributed by atoms with Gasteiger partial charge >= 0.3 is 0 Å². The Morgan fingerprint density at radius 2 is 1.60 bits per heavy atom. The number of hydrogen-bond acceptors (Lipinski definition) is 2. The van der Waals surface area contributed by atoms with Crippen molar-refractivity contribution >= 4 is 11.8 Å². The average Bonchev–Trinajstić information content (AvgIpc) is 2.97. The van der Waals surface area contributed by atoms with Crippen LogP contribution in [0.15, 0.2) is 12.2 Å². The van der Waals surface area contributed by atoms with Crippen molar-refractivity contribution < 1.29 is 9.59 Å². The van der Waals surface area contributed by atoms with Gasteiger partial charge in [-0.1, -0.05) is 46.0 Å². The van der Waals surface area contributed by atoms with E-state index in [1.54, 1.807) is 0 Å². The van der Waals surface area contributed by atoms with Crippen LogP contribution in [0.5, 0.6) is 0 Å². The van der Waals surface area contributed by atoms with Crippen LogP contribution >= 0.6 is 0 Å². The zero-order chi connectivity index (χ0) is 14.5. The molecule has 1 heterocycles. The Kier molecular flexibility index (Phi) is 5.38. The summed E-state index contributed by atoms with van der Waals surface area (Å²) >= 11 is 0. The third-order valence-corrected chi connectivity index (χ3v) is 4.93. The van der Waals surface area contributed by atoms with Crippen LogP contribution in [0.2, 0.25) is 0 Å². The third-order valence-electron chi connectivity index (χ3n) is 4.93. The van der Waals surface area contributed by atoms with E-state index >= 15 is 0 Å². The van der Waals surface area contributed by atoms with E-state index in [9.17, 15) is 9.59 Å². The van der Waals surface area contributed by atoms with Crippen molar-refractivity contribution in [2.45, 2.75) is 71.3 Å². The van der Waals surface area contributed by atoms with Gasteiger partial charge in [0.15, 0.2) is 0 Å². The van der Waals surface area contributed by atoms with E-state index in [2.05, 4.69) is 13.8 Å². The van der Waals surface area contributed by atoms with Crippen LogP contribution in [0.25, 0.3) is 0 Å². The number of unbranched alkanes of at least 4 members (excludes halogenated alkanes) is 2. The summed E-state index contributed by atoms with van der Waals surface area (Å²) in [5.41, 5.74) is 0. The van der Waals surface area contributed by atoms with Crippen LogP contribution in [-0.2, 0) is 9.59 Å². The molecule has 2 rings (SSSR count). The predicted molar refractivity (Wildman–Crippen MR) is 80.0 cm³/mol. The van der Waals surface area contributed by atoms with Gasteiger partial charge in [0.1, 0.15) is 0 Å². The summed E-state index contributed by atoms with van der Waals surface area (Å²) in [6.07, 6.45) is 12.3. The van der Waals surface area contributed by atoms with Gasteiger partial charge in [0, 0.05) is 18.2 Å². The fourth-order valence-electron chi connectivity index (χ4n) is 3.88. The molecular formula is C17H27NO2. The van der Waals surface area contributed by atoms with Crippen molar-refractivity contribution in [3.8, 4) is 0 Å². The minimum Gasteiger partial charge on any atom is -0.272 e. The fourth-order valence-corrected chi connectivity index (χ4v) is 3.88. The Labute approximate surface area is 122 Å². The van der Waals surface area contributed by atoms with E-state index in [0.717, 1.165) is 12.8 Å². The van der Waals surface area contributed by atoms with Crippen molar-refractivity contribution in [1.82, 2.24) is 4.90 Å². The van der Waals surface area contributed by atoms with Gasteiger partial charge in [-0.15, -0.1) is 0 Å². The predicted octanol–water partition coefficient (Wildman–Crippen LogP) is 3.69. The molecule has 2 amide bonds. The lowest BCUT2D eigenvalue weighted by Gasteiger charge is -2.30. The average molecular weight is 277 g/mol. The van der Waals surface area contributed by atoms with Gasteiger partial charge in [-0.25, -0.2) is 0 Å². The normalized spacial score (nSPS) is 29.7. The summed E-state index contributed by atoms with van der Waals surface area (Å²) < 4.78 is 0. The molecule has 1 aliphatic carbocycles. The second-order valence-corrected chi connectivity index (χ2v) is 6.23. The van der Waals surface area contributed by atoms with Crippen LogP contribution in [0, 0.1) is 11.8 Å². The minimum absolute atomic E-state index is 0.0994. The maximum Gasteiger partial charge on any atom is 0.253 e. The molecule has 1 saturated carbocycles. The molecule has 3 atom stereocenters. The van der Waals surface area contributed by atoms with Crippen molar-refractivity contribution in [3.05, 3.63) is 12.2 Å². The second kappa shape index (κ2) is 7.05. The highest BCUT2D eigenvalue weighted by Crippen LogP contribution is 2.42. The number of amides is 2. The molecule has 0 unspecified atom stereocenters. The van der Waals surface area contributed by atoms with Gasteiger partial charge < -0.3 is 0 Å². The first kappa shape index (κ1) is 15.3. The van der Waals surface area contributed by atoms with Gasteiger partial charge in [-0.2, -0.15) is 0 Å². The van der Waals surface area contributed by atoms with Crippen molar-refractivity contribution in [1.29, 1.82) is 0 Å². The Bertz CT molecular complexity index is 370. The van der Waals surface area contributed by atoms with E-state index in [-0.39, 0.29) is 17.9 Å². The van der Waals surface area contributed by atoms with Gasteiger partial charge in [0.2, 0.25) is 0 Å². The third kappa shape index (κ3) is 3.13. The highest BCUT2D eigenvalue weighted by Gasteiger charge is 2.42. The van der Waals surface area contributed by atoms with E-state index in [4.69, 9.17) is 0 Å². The quantitative estimate of drug-likeness (QED) is 0.666. The molecule has 0 aromatic rings. The van der Waals surface area contributed by atoms with Crippen LogP contribution in [-0.4, -0.2) is 22.8 Å². The van der Waals surface area contributed by atoms with Gasteiger partial charge in [0.25, 0.3) is 11.8 Å². The van der Waals surface area contributed by atoms with Crippen molar-refractivity contribution in [2.75, 3.05) is 0 Å². The van der Waals surface area contributed by atoms with Crippen LogP contribution in [0.1, 0.15) is 65.2 Å². The molecule has 3 nitrogen and oxygen atoms in total. The van der Waals surface area contributed by atoms with Crippen molar-refractivity contribution in [3.63, 3.8) is 0 Å². The number of carbonyl (C=O) groups excluding carboxylic acids is 2. The molecule has 0 bridgehead atoms. The number of nitrogens with zero attached hydrogens (tertiary/aromatic N) is 1. The van der Waals surface area contributed by atoms with Crippen LogP contribution < -0.4 is 0 Å². The Morgan fingerprint density at radius 3 is 2.20 bits per heavy atom. The first-order valence-electron chi connectivity index (χ1n) is 8.24. The Balaban J connectivity index is 2.06. The van der Waals surface area contributed by atoms with Crippen LogP contribution in [0.3, 0.4) is 0 Å². The standard InChI is InChI=1S/C17H27NO2/c1-3-5-7-13-9-10-15(14(13)8-6-4-2)18-16(19)11-12-17(18)20/h11-15H,3-10H2,1-2H3/t13-,14+,15-/m0/s1. The summed E-state index contributed by atoms with van der Waals surface area (Å²) in [7, 11) is 0. The number of rotatable bonds is 7. The first-order valence-corrected chi connectivity index (χ1v) is 8.24. The molecule has 0 spiro atoms. The molecule has 0 aromatic heterocycles. The number of imide groups is 1. The maximum absolute atomic E-state index is 11.9. The van der Waals surface area contributed by atoms with E-state index in [1.165, 1.54) is 55.6 Å². The SMILES string of the molecule is CCCC[C@H]1CC[C@H](N2C(=O)C=CC2=O)[C@@H]1CCCC. The lowest BCUT2D eigenvalue weighted by atomic mass is 9.85. The van der Waals surface area contributed by atoms with Gasteiger partial charge in [-0.05, 0) is 31.1 Å². The summed E-state index contributed by atoms with van der Waals surface area (Å²) in [6, 6.07) is 0.151.